The molecule has 6 nitrogen and oxygen atoms in total. The van der Waals surface area contributed by atoms with E-state index in [-0.39, 0.29) is 11.6 Å². The Morgan fingerprint density at radius 1 is 1.67 bits per heavy atom. The van der Waals surface area contributed by atoms with E-state index in [1.807, 2.05) is 0 Å². The van der Waals surface area contributed by atoms with Crippen LogP contribution in [0.15, 0.2) is 0 Å². The summed E-state index contributed by atoms with van der Waals surface area (Å²) in [5.41, 5.74) is 0. The summed E-state index contributed by atoms with van der Waals surface area (Å²) in [6, 6.07) is 0. The maximum Gasteiger partial charge on any atom is 0.243 e. The van der Waals surface area contributed by atoms with Gasteiger partial charge < -0.3 is 4.74 Å². The number of carbonyl (C=O) groups is 1. The minimum absolute atomic E-state index is 0.0897. The summed E-state index contributed by atoms with van der Waals surface area (Å²) < 4.78 is 4.81. The third kappa shape index (κ3) is 1.65. The van der Waals surface area contributed by atoms with Gasteiger partial charge in [0.15, 0.2) is 0 Å². The number of rotatable bonds is 3. The Morgan fingerprint density at radius 2 is 2.33 bits per heavy atom. The van der Waals surface area contributed by atoms with E-state index in [1.54, 1.807) is 14.0 Å². The quantitative estimate of drug-likeness (QED) is 0.568. The van der Waals surface area contributed by atoms with E-state index in [0.717, 1.165) is 0 Å². The molecule has 66 valence electrons. The van der Waals surface area contributed by atoms with Crippen molar-refractivity contribution in [1.29, 1.82) is 0 Å². The lowest BCUT2D eigenvalue weighted by atomic mass is 10.2. The van der Waals surface area contributed by atoms with Crippen LogP contribution in [0.5, 0.6) is 0 Å². The molecule has 0 bridgehead atoms. The van der Waals surface area contributed by atoms with Gasteiger partial charge in [-0.15, -0.1) is 10.2 Å². The minimum Gasteiger partial charge on any atom is -0.373 e. The first-order chi connectivity index (χ1) is 5.65. The molecule has 1 rings (SSSR count). The van der Waals surface area contributed by atoms with Crippen LogP contribution in [-0.2, 0) is 11.8 Å². The Morgan fingerprint density at radius 3 is 2.75 bits per heavy atom. The molecule has 0 N–H and O–H groups in total. The molecule has 0 spiro atoms. The molecule has 1 unspecified atom stereocenters. The number of aromatic nitrogens is 4. The van der Waals surface area contributed by atoms with Crippen LogP contribution in [0.25, 0.3) is 0 Å². The fourth-order valence-electron chi connectivity index (χ4n) is 0.672. The van der Waals surface area contributed by atoms with Crippen molar-refractivity contribution in [3.05, 3.63) is 5.82 Å². The Labute approximate surface area is 69.5 Å². The first-order valence-corrected chi connectivity index (χ1v) is 3.46. The molecule has 1 aromatic heterocycles. The van der Waals surface area contributed by atoms with Crippen molar-refractivity contribution < 1.29 is 9.53 Å². The number of nitrogens with zero attached hydrogens (tertiary/aromatic N) is 4. The molecule has 0 aromatic carbocycles. The number of tetrazole rings is 1. The van der Waals surface area contributed by atoms with Crippen molar-refractivity contribution in [1.82, 2.24) is 20.2 Å². The molecule has 6 heteroatoms. The average molecular weight is 170 g/mol. The summed E-state index contributed by atoms with van der Waals surface area (Å²) in [6.07, 6.45) is -0.519. The summed E-state index contributed by atoms with van der Waals surface area (Å²) in [5.74, 6) is -0.169. The van der Waals surface area contributed by atoms with Crippen LogP contribution in [-0.4, -0.2) is 39.2 Å². The van der Waals surface area contributed by atoms with E-state index < -0.39 is 6.10 Å². The summed E-state index contributed by atoms with van der Waals surface area (Å²) >= 11 is 0. The van der Waals surface area contributed by atoms with Gasteiger partial charge in [0.25, 0.3) is 0 Å². The van der Waals surface area contributed by atoms with Gasteiger partial charge in [-0.1, -0.05) is 0 Å². The van der Waals surface area contributed by atoms with E-state index in [1.165, 1.54) is 11.9 Å². The van der Waals surface area contributed by atoms with Gasteiger partial charge in [0.2, 0.25) is 11.6 Å². The average Bonchev–Trinajstić information content (AvgIpc) is 2.49. The van der Waals surface area contributed by atoms with Crippen molar-refractivity contribution >= 4 is 5.78 Å². The van der Waals surface area contributed by atoms with Crippen molar-refractivity contribution in [2.75, 3.05) is 7.11 Å². The Kier molecular flexibility index (Phi) is 2.49. The number of ketones is 1. The normalized spacial score (nSPS) is 12.9. The number of methoxy groups -OCH3 is 1. The lowest BCUT2D eigenvalue weighted by molar-refractivity contribution is 0.0644. The van der Waals surface area contributed by atoms with E-state index >= 15 is 0 Å². The second kappa shape index (κ2) is 3.40. The maximum absolute atomic E-state index is 11.3. The van der Waals surface area contributed by atoms with Gasteiger partial charge in [-0.3, -0.25) is 4.79 Å². The van der Waals surface area contributed by atoms with Crippen LogP contribution in [0, 0.1) is 0 Å². The second-order valence-corrected chi connectivity index (χ2v) is 2.34. The molecular weight excluding hydrogens is 160 g/mol. The number of hydrogen-bond acceptors (Lipinski definition) is 5. The molecule has 0 aliphatic carbocycles. The fourth-order valence-corrected chi connectivity index (χ4v) is 0.672. The van der Waals surface area contributed by atoms with Gasteiger partial charge in [0.1, 0.15) is 6.10 Å². The second-order valence-electron chi connectivity index (χ2n) is 2.34. The molecule has 0 aliphatic heterocycles. The number of ether oxygens (including phenoxy) is 1. The lowest BCUT2D eigenvalue weighted by Gasteiger charge is -2.02. The minimum atomic E-state index is -0.519. The highest BCUT2D eigenvalue weighted by molar-refractivity contribution is 5.95. The number of hydrogen-bond donors (Lipinski definition) is 0. The monoisotopic (exact) mass is 170 g/mol. The molecule has 0 amide bonds. The van der Waals surface area contributed by atoms with Crippen LogP contribution in [0.3, 0.4) is 0 Å². The number of carbonyl (C=O) groups excluding carboxylic acids is 1. The first kappa shape index (κ1) is 8.79. The summed E-state index contributed by atoms with van der Waals surface area (Å²) in [7, 11) is 3.06. The molecule has 0 fully saturated rings. The van der Waals surface area contributed by atoms with Gasteiger partial charge >= 0.3 is 0 Å². The molecule has 0 saturated heterocycles. The zero-order valence-electron chi connectivity index (χ0n) is 7.18. The largest absolute Gasteiger partial charge is 0.373 e. The van der Waals surface area contributed by atoms with Crippen LogP contribution < -0.4 is 0 Å². The maximum atomic E-state index is 11.3. The summed E-state index contributed by atoms with van der Waals surface area (Å²) in [5, 5.41) is 10.8. The Bertz CT molecular complexity index is 283. The van der Waals surface area contributed by atoms with Gasteiger partial charge in [-0.05, 0) is 12.1 Å². The smallest absolute Gasteiger partial charge is 0.243 e. The van der Waals surface area contributed by atoms with E-state index in [4.69, 9.17) is 4.74 Å². The summed E-state index contributed by atoms with van der Waals surface area (Å²) in [4.78, 5) is 12.5. The van der Waals surface area contributed by atoms with E-state index in [2.05, 4.69) is 15.4 Å². The van der Waals surface area contributed by atoms with E-state index in [0.29, 0.717) is 0 Å². The molecule has 0 aliphatic rings. The van der Waals surface area contributed by atoms with E-state index in [9.17, 15) is 4.79 Å². The summed E-state index contributed by atoms with van der Waals surface area (Å²) in [6.45, 7) is 1.64. The van der Waals surface area contributed by atoms with Gasteiger partial charge in [0, 0.05) is 7.11 Å². The molecule has 1 heterocycles. The highest BCUT2D eigenvalue weighted by Crippen LogP contribution is 1.97. The molecule has 12 heavy (non-hydrogen) atoms. The van der Waals surface area contributed by atoms with Crippen molar-refractivity contribution in [3.8, 4) is 0 Å². The Balaban J connectivity index is 2.78. The predicted molar refractivity (Wildman–Crippen MR) is 39.6 cm³/mol. The highest BCUT2D eigenvalue weighted by Gasteiger charge is 2.18. The van der Waals surface area contributed by atoms with Crippen LogP contribution in [0.1, 0.15) is 17.5 Å². The van der Waals surface area contributed by atoms with Crippen LogP contribution in [0.4, 0.5) is 0 Å². The van der Waals surface area contributed by atoms with Crippen molar-refractivity contribution in [3.63, 3.8) is 0 Å². The standard InChI is InChI=1S/C6H10N4O2/c1-4(12-3)5(11)6-7-9-10(2)8-6/h4H,1-3H3. The van der Waals surface area contributed by atoms with Gasteiger partial charge in [0.05, 0.1) is 7.05 Å². The van der Waals surface area contributed by atoms with Crippen LogP contribution in [0.2, 0.25) is 0 Å². The molecule has 0 radical (unpaired) electrons. The highest BCUT2D eigenvalue weighted by atomic mass is 16.5. The third-order valence-corrected chi connectivity index (χ3v) is 1.45. The molecule has 1 atom stereocenters. The van der Waals surface area contributed by atoms with Gasteiger partial charge in [-0.25, -0.2) is 0 Å². The zero-order valence-corrected chi connectivity index (χ0v) is 7.18. The third-order valence-electron chi connectivity index (χ3n) is 1.45. The predicted octanol–water partition coefficient (Wildman–Crippen LogP) is -0.572. The zero-order chi connectivity index (χ0) is 9.14. The van der Waals surface area contributed by atoms with Crippen molar-refractivity contribution in [2.24, 2.45) is 7.05 Å². The van der Waals surface area contributed by atoms with Crippen molar-refractivity contribution in [2.45, 2.75) is 13.0 Å². The van der Waals surface area contributed by atoms with Crippen LogP contribution >= 0.6 is 0 Å². The molecule has 0 saturated carbocycles. The number of aryl methyl sites for hydroxylation is 1. The fraction of sp³-hybridized carbons (Fsp3) is 0.667. The molecular formula is C6H10N4O2. The molecule has 1 aromatic rings. The van der Waals surface area contributed by atoms with Gasteiger partial charge in [-0.2, -0.15) is 4.80 Å². The topological polar surface area (TPSA) is 69.9 Å². The number of Topliss-reactive ketones (excluding diaryl/α,β-unsaturated/α-hetero) is 1. The Hall–Kier alpha value is -1.30. The SMILES string of the molecule is COC(C)C(=O)c1nnn(C)n1. The first-order valence-electron chi connectivity index (χ1n) is 3.46. The lowest BCUT2D eigenvalue weighted by Crippen LogP contribution is -2.20.